The third-order valence-electron chi connectivity index (χ3n) is 3.80. The van der Waals surface area contributed by atoms with E-state index in [1.165, 1.54) is 19.3 Å². The first-order valence-corrected chi connectivity index (χ1v) is 6.58. The summed E-state index contributed by atoms with van der Waals surface area (Å²) >= 11 is 0. The highest BCUT2D eigenvalue weighted by molar-refractivity contribution is 5.31. The zero-order valence-electron chi connectivity index (χ0n) is 11.0. The highest BCUT2D eigenvalue weighted by Crippen LogP contribution is 2.27. The second kappa shape index (κ2) is 5.51. The lowest BCUT2D eigenvalue weighted by Crippen LogP contribution is -2.47. The fourth-order valence-electron chi connectivity index (χ4n) is 2.53. The number of benzene rings is 1. The lowest BCUT2D eigenvalue weighted by Gasteiger charge is -2.33. The van der Waals surface area contributed by atoms with E-state index in [4.69, 9.17) is 5.73 Å². The van der Waals surface area contributed by atoms with E-state index >= 15 is 0 Å². The van der Waals surface area contributed by atoms with E-state index < -0.39 is 5.54 Å². The Balaban J connectivity index is 2.01. The van der Waals surface area contributed by atoms with Crippen LogP contribution in [0.2, 0.25) is 0 Å². The minimum absolute atomic E-state index is 0.587. The highest BCUT2D eigenvalue weighted by atomic mass is 15.1. The van der Waals surface area contributed by atoms with Crippen LogP contribution in [0.5, 0.6) is 0 Å². The van der Waals surface area contributed by atoms with Crippen LogP contribution in [-0.4, -0.2) is 25.0 Å². The smallest absolute Gasteiger partial charge is 0.142 e. The number of nitriles is 1. The van der Waals surface area contributed by atoms with Crippen molar-refractivity contribution < 1.29 is 0 Å². The average molecular weight is 243 g/mol. The van der Waals surface area contributed by atoms with Crippen molar-refractivity contribution in [2.75, 3.05) is 20.1 Å². The van der Waals surface area contributed by atoms with Crippen molar-refractivity contribution in [3.05, 3.63) is 35.9 Å². The molecular formula is C15H21N3. The normalized spacial score (nSPS) is 19.0. The van der Waals surface area contributed by atoms with Gasteiger partial charge >= 0.3 is 0 Å². The van der Waals surface area contributed by atoms with E-state index in [1.807, 2.05) is 30.3 Å². The number of hydrogen-bond acceptors (Lipinski definition) is 3. The van der Waals surface area contributed by atoms with Crippen LogP contribution in [0.15, 0.2) is 30.3 Å². The Kier molecular flexibility index (Phi) is 4.00. The molecule has 1 saturated carbocycles. The van der Waals surface area contributed by atoms with Crippen molar-refractivity contribution in [2.45, 2.75) is 24.8 Å². The summed E-state index contributed by atoms with van der Waals surface area (Å²) in [5, 5.41) is 9.39. The summed E-state index contributed by atoms with van der Waals surface area (Å²) in [5.74, 6) is 0.800. The Morgan fingerprint density at radius 3 is 2.56 bits per heavy atom. The van der Waals surface area contributed by atoms with E-state index in [0.29, 0.717) is 6.54 Å². The van der Waals surface area contributed by atoms with E-state index in [0.717, 1.165) is 18.0 Å². The molecule has 0 aromatic heterocycles. The van der Waals surface area contributed by atoms with Gasteiger partial charge in [0.05, 0.1) is 6.07 Å². The molecule has 3 heteroatoms. The van der Waals surface area contributed by atoms with Gasteiger partial charge in [-0.25, -0.2) is 0 Å². The van der Waals surface area contributed by atoms with E-state index in [-0.39, 0.29) is 0 Å². The number of nitrogens with two attached hydrogens (primary N) is 1. The highest BCUT2D eigenvalue weighted by Gasteiger charge is 2.30. The van der Waals surface area contributed by atoms with Crippen LogP contribution in [0.3, 0.4) is 0 Å². The van der Waals surface area contributed by atoms with Gasteiger partial charge in [0.1, 0.15) is 5.54 Å². The molecular weight excluding hydrogens is 222 g/mol. The Hall–Kier alpha value is -1.37. The van der Waals surface area contributed by atoms with Gasteiger partial charge in [0.2, 0.25) is 0 Å². The van der Waals surface area contributed by atoms with Gasteiger partial charge in [-0.2, -0.15) is 5.26 Å². The van der Waals surface area contributed by atoms with Crippen molar-refractivity contribution >= 4 is 0 Å². The summed E-state index contributed by atoms with van der Waals surface area (Å²) in [4.78, 5) is 2.19. The molecule has 0 saturated heterocycles. The van der Waals surface area contributed by atoms with Crippen molar-refractivity contribution in [1.29, 1.82) is 5.26 Å². The van der Waals surface area contributed by atoms with Gasteiger partial charge < -0.3 is 10.6 Å². The molecule has 0 bridgehead atoms. The fraction of sp³-hybridized carbons (Fsp3) is 0.533. The fourth-order valence-corrected chi connectivity index (χ4v) is 2.53. The van der Waals surface area contributed by atoms with Crippen LogP contribution >= 0.6 is 0 Å². The largest absolute Gasteiger partial charge is 0.309 e. The van der Waals surface area contributed by atoms with Crippen LogP contribution in [0, 0.1) is 17.2 Å². The van der Waals surface area contributed by atoms with Gasteiger partial charge in [-0.3, -0.25) is 0 Å². The molecule has 0 amide bonds. The third kappa shape index (κ3) is 2.90. The Morgan fingerprint density at radius 1 is 1.39 bits per heavy atom. The SMILES string of the molecule is CN(CC1CCC1)CC(N)(C#N)c1ccccc1. The molecule has 1 fully saturated rings. The minimum Gasteiger partial charge on any atom is -0.309 e. The van der Waals surface area contributed by atoms with Gasteiger partial charge in [-0.1, -0.05) is 36.8 Å². The maximum atomic E-state index is 9.39. The first-order valence-electron chi connectivity index (χ1n) is 6.58. The second-order valence-corrected chi connectivity index (χ2v) is 5.44. The van der Waals surface area contributed by atoms with Crippen LogP contribution in [0.4, 0.5) is 0 Å². The van der Waals surface area contributed by atoms with E-state index in [9.17, 15) is 5.26 Å². The molecule has 18 heavy (non-hydrogen) atoms. The topological polar surface area (TPSA) is 53.0 Å². The number of likely N-dealkylation sites (N-methyl/N-ethyl adjacent to an activating group) is 1. The Labute approximate surface area is 109 Å². The predicted octanol–water partition coefficient (Wildman–Crippen LogP) is 2.10. The number of nitrogens with zero attached hydrogens (tertiary/aromatic N) is 2. The molecule has 0 radical (unpaired) electrons. The summed E-state index contributed by atoms with van der Waals surface area (Å²) in [6.45, 7) is 1.64. The van der Waals surface area contributed by atoms with Crippen LogP contribution in [-0.2, 0) is 5.54 Å². The molecule has 3 nitrogen and oxygen atoms in total. The average Bonchev–Trinajstić information content (AvgIpc) is 2.35. The lowest BCUT2D eigenvalue weighted by atomic mass is 9.84. The quantitative estimate of drug-likeness (QED) is 0.861. The maximum absolute atomic E-state index is 9.39. The Morgan fingerprint density at radius 2 is 2.06 bits per heavy atom. The standard InChI is InChI=1S/C15H21N3/c1-18(10-13-6-5-7-13)12-15(17,11-16)14-8-3-2-4-9-14/h2-4,8-9,13H,5-7,10,12,17H2,1H3. The van der Waals surface area contributed by atoms with E-state index in [2.05, 4.69) is 18.0 Å². The predicted molar refractivity (Wildman–Crippen MR) is 72.8 cm³/mol. The summed E-state index contributed by atoms with van der Waals surface area (Å²) in [6, 6.07) is 11.9. The molecule has 0 heterocycles. The summed E-state index contributed by atoms with van der Waals surface area (Å²) in [7, 11) is 2.06. The van der Waals surface area contributed by atoms with Gasteiger partial charge in [-0.05, 0) is 31.4 Å². The summed E-state index contributed by atoms with van der Waals surface area (Å²) in [6.07, 6.45) is 3.99. The van der Waals surface area contributed by atoms with Crippen molar-refractivity contribution in [1.82, 2.24) is 4.90 Å². The van der Waals surface area contributed by atoms with Gasteiger partial charge in [0.15, 0.2) is 0 Å². The molecule has 1 unspecified atom stereocenters. The second-order valence-electron chi connectivity index (χ2n) is 5.44. The maximum Gasteiger partial charge on any atom is 0.142 e. The molecule has 1 atom stereocenters. The first-order chi connectivity index (χ1) is 8.64. The van der Waals surface area contributed by atoms with E-state index in [1.54, 1.807) is 0 Å². The molecule has 2 N–H and O–H groups in total. The van der Waals surface area contributed by atoms with Crippen LogP contribution in [0.1, 0.15) is 24.8 Å². The molecule has 1 aliphatic rings. The molecule has 1 aromatic carbocycles. The minimum atomic E-state index is -0.903. The molecule has 0 spiro atoms. The van der Waals surface area contributed by atoms with Crippen LogP contribution < -0.4 is 5.73 Å². The van der Waals surface area contributed by atoms with Crippen molar-refractivity contribution in [2.24, 2.45) is 11.7 Å². The monoisotopic (exact) mass is 243 g/mol. The number of rotatable bonds is 5. The molecule has 1 aliphatic carbocycles. The van der Waals surface area contributed by atoms with Crippen molar-refractivity contribution in [3.8, 4) is 6.07 Å². The molecule has 0 aliphatic heterocycles. The molecule has 96 valence electrons. The summed E-state index contributed by atoms with van der Waals surface area (Å²) in [5.41, 5.74) is 6.25. The lowest BCUT2D eigenvalue weighted by molar-refractivity contribution is 0.187. The van der Waals surface area contributed by atoms with Gasteiger partial charge in [0.25, 0.3) is 0 Å². The molecule has 1 aromatic rings. The van der Waals surface area contributed by atoms with Gasteiger partial charge in [-0.15, -0.1) is 0 Å². The van der Waals surface area contributed by atoms with Crippen LogP contribution in [0.25, 0.3) is 0 Å². The summed E-state index contributed by atoms with van der Waals surface area (Å²) < 4.78 is 0. The first kappa shape index (κ1) is 13.1. The zero-order chi connectivity index (χ0) is 13.0. The zero-order valence-corrected chi connectivity index (χ0v) is 11.0. The third-order valence-corrected chi connectivity index (χ3v) is 3.80. The van der Waals surface area contributed by atoms with Crippen molar-refractivity contribution in [3.63, 3.8) is 0 Å². The van der Waals surface area contributed by atoms with Gasteiger partial charge in [0, 0.05) is 13.1 Å². The molecule has 2 rings (SSSR count). The Bertz CT molecular complexity index is 419. The number of hydrogen-bond donors (Lipinski definition) is 1.